The fraction of sp³-hybridized carbons (Fsp3) is 0.364. The van der Waals surface area contributed by atoms with Crippen LogP contribution < -0.4 is 10.6 Å². The summed E-state index contributed by atoms with van der Waals surface area (Å²) in [6.45, 7) is 5.39. The first-order valence-electron chi connectivity index (χ1n) is 9.53. The lowest BCUT2D eigenvalue weighted by molar-refractivity contribution is -0.119. The van der Waals surface area contributed by atoms with Crippen molar-refractivity contribution in [2.24, 2.45) is 0 Å². The standard InChI is InChI=1S/C22H25FN2O3/c1-4-15-6-8-16(9-7-15)18-11-10-17(12-19(18)23)25-21(27)28-22(5-2)13-20(22)24-14(3)26/h6-12,20H,4-5,13H2,1-3H3,(H,24,26)(H,25,27). The van der Waals surface area contributed by atoms with E-state index in [4.69, 9.17) is 4.74 Å². The summed E-state index contributed by atoms with van der Waals surface area (Å²) < 4.78 is 20.1. The highest BCUT2D eigenvalue weighted by Gasteiger charge is 2.57. The number of nitrogens with one attached hydrogen (secondary N) is 2. The molecule has 5 nitrogen and oxygen atoms in total. The lowest BCUT2D eigenvalue weighted by Crippen LogP contribution is -2.34. The lowest BCUT2D eigenvalue weighted by atomic mass is 10.0. The fourth-order valence-corrected chi connectivity index (χ4v) is 3.37. The monoisotopic (exact) mass is 384 g/mol. The van der Waals surface area contributed by atoms with Crippen LogP contribution in [0.2, 0.25) is 0 Å². The summed E-state index contributed by atoms with van der Waals surface area (Å²) in [5, 5.41) is 5.34. The molecule has 1 aliphatic carbocycles. The van der Waals surface area contributed by atoms with Crippen LogP contribution in [0.4, 0.5) is 14.9 Å². The number of amides is 2. The smallest absolute Gasteiger partial charge is 0.412 e. The van der Waals surface area contributed by atoms with E-state index in [0.717, 1.165) is 12.0 Å². The topological polar surface area (TPSA) is 67.4 Å². The van der Waals surface area contributed by atoms with E-state index in [2.05, 4.69) is 17.6 Å². The second kappa shape index (κ2) is 8.00. The number of benzene rings is 2. The molecule has 2 N–H and O–H groups in total. The Kier molecular flexibility index (Phi) is 5.68. The zero-order valence-corrected chi connectivity index (χ0v) is 16.3. The van der Waals surface area contributed by atoms with E-state index in [9.17, 15) is 14.0 Å². The molecule has 0 saturated heterocycles. The molecule has 0 radical (unpaired) electrons. The van der Waals surface area contributed by atoms with Gasteiger partial charge in [0, 0.05) is 24.6 Å². The number of ether oxygens (including phenoxy) is 1. The Morgan fingerprint density at radius 2 is 1.89 bits per heavy atom. The van der Waals surface area contributed by atoms with Crippen LogP contribution in [0.3, 0.4) is 0 Å². The quantitative estimate of drug-likeness (QED) is 0.761. The number of rotatable bonds is 6. The van der Waals surface area contributed by atoms with Crippen molar-refractivity contribution in [3.8, 4) is 11.1 Å². The van der Waals surface area contributed by atoms with Gasteiger partial charge >= 0.3 is 6.09 Å². The molecule has 0 spiro atoms. The number of carbonyl (C=O) groups excluding carboxylic acids is 2. The second-order valence-electron chi connectivity index (χ2n) is 7.14. The zero-order valence-electron chi connectivity index (χ0n) is 16.3. The van der Waals surface area contributed by atoms with Gasteiger partial charge in [-0.15, -0.1) is 0 Å². The first-order chi connectivity index (χ1) is 13.4. The Hall–Kier alpha value is -2.89. The van der Waals surface area contributed by atoms with Crippen molar-refractivity contribution < 1.29 is 18.7 Å². The Morgan fingerprint density at radius 1 is 1.18 bits per heavy atom. The summed E-state index contributed by atoms with van der Waals surface area (Å²) in [6.07, 6.45) is 1.44. The molecule has 2 aromatic carbocycles. The minimum atomic E-state index is -0.685. The molecule has 0 heterocycles. The third kappa shape index (κ3) is 4.32. The van der Waals surface area contributed by atoms with Gasteiger partial charge in [-0.1, -0.05) is 38.1 Å². The molecule has 2 amide bonds. The molecular formula is C22H25FN2O3. The van der Waals surface area contributed by atoms with Gasteiger partial charge in [-0.25, -0.2) is 9.18 Å². The highest BCUT2D eigenvalue weighted by atomic mass is 19.1. The molecular weight excluding hydrogens is 359 g/mol. The van der Waals surface area contributed by atoms with Gasteiger partial charge in [0.1, 0.15) is 11.4 Å². The third-order valence-corrected chi connectivity index (χ3v) is 5.19. The fourth-order valence-electron chi connectivity index (χ4n) is 3.37. The predicted molar refractivity (Wildman–Crippen MR) is 107 cm³/mol. The predicted octanol–water partition coefficient (Wildman–Crippen LogP) is 4.66. The van der Waals surface area contributed by atoms with Crippen molar-refractivity contribution in [1.29, 1.82) is 0 Å². The second-order valence-corrected chi connectivity index (χ2v) is 7.14. The number of hydrogen-bond acceptors (Lipinski definition) is 3. The SMILES string of the molecule is CCc1ccc(-c2ccc(NC(=O)OC3(CC)CC3NC(C)=O)cc2F)cc1. The number of hydrogen-bond donors (Lipinski definition) is 2. The van der Waals surface area contributed by atoms with Gasteiger partial charge < -0.3 is 10.1 Å². The van der Waals surface area contributed by atoms with Crippen LogP contribution in [-0.4, -0.2) is 23.6 Å². The normalized spacial score (nSPS) is 20.4. The Morgan fingerprint density at radius 3 is 2.46 bits per heavy atom. The van der Waals surface area contributed by atoms with Crippen molar-refractivity contribution in [2.45, 2.75) is 51.7 Å². The molecule has 0 bridgehead atoms. The average molecular weight is 384 g/mol. The minimum Gasteiger partial charge on any atom is -0.440 e. The molecule has 0 aromatic heterocycles. The molecule has 1 saturated carbocycles. The van der Waals surface area contributed by atoms with Gasteiger partial charge in [0.2, 0.25) is 5.91 Å². The van der Waals surface area contributed by atoms with Gasteiger partial charge in [0.15, 0.2) is 0 Å². The van der Waals surface area contributed by atoms with Crippen LogP contribution >= 0.6 is 0 Å². The highest BCUT2D eigenvalue weighted by Crippen LogP contribution is 2.43. The van der Waals surface area contributed by atoms with Crippen LogP contribution in [0.5, 0.6) is 0 Å². The maximum atomic E-state index is 14.6. The third-order valence-electron chi connectivity index (χ3n) is 5.19. The van der Waals surface area contributed by atoms with Gasteiger partial charge in [-0.2, -0.15) is 0 Å². The average Bonchev–Trinajstić information content (AvgIpc) is 3.33. The summed E-state index contributed by atoms with van der Waals surface area (Å²) in [7, 11) is 0. The zero-order chi connectivity index (χ0) is 20.3. The van der Waals surface area contributed by atoms with E-state index in [1.54, 1.807) is 12.1 Å². The van der Waals surface area contributed by atoms with E-state index in [1.807, 2.05) is 31.2 Å². The molecule has 1 fully saturated rings. The molecule has 0 aliphatic heterocycles. The van der Waals surface area contributed by atoms with Crippen LogP contribution in [-0.2, 0) is 16.0 Å². The van der Waals surface area contributed by atoms with Crippen molar-refractivity contribution in [3.63, 3.8) is 0 Å². The van der Waals surface area contributed by atoms with E-state index < -0.39 is 17.5 Å². The van der Waals surface area contributed by atoms with E-state index in [-0.39, 0.29) is 11.9 Å². The summed E-state index contributed by atoms with van der Waals surface area (Å²) in [5.74, 6) is -0.580. The first-order valence-corrected chi connectivity index (χ1v) is 9.53. The van der Waals surface area contributed by atoms with Crippen LogP contribution in [0, 0.1) is 5.82 Å². The van der Waals surface area contributed by atoms with Crippen molar-refractivity contribution >= 4 is 17.7 Å². The first kappa shape index (κ1) is 19.9. The molecule has 3 rings (SSSR count). The maximum Gasteiger partial charge on any atom is 0.412 e. The van der Waals surface area contributed by atoms with Crippen LogP contribution in [0.25, 0.3) is 11.1 Å². The molecule has 2 atom stereocenters. The molecule has 2 unspecified atom stereocenters. The number of anilines is 1. The van der Waals surface area contributed by atoms with E-state index in [1.165, 1.54) is 18.6 Å². The molecule has 6 heteroatoms. The van der Waals surface area contributed by atoms with E-state index >= 15 is 0 Å². The van der Waals surface area contributed by atoms with Crippen molar-refractivity contribution in [2.75, 3.05) is 5.32 Å². The number of carbonyl (C=O) groups is 2. The van der Waals surface area contributed by atoms with Crippen LogP contribution in [0.15, 0.2) is 42.5 Å². The maximum absolute atomic E-state index is 14.6. The summed E-state index contributed by atoms with van der Waals surface area (Å²) in [5.41, 5.74) is 2.08. The van der Waals surface area contributed by atoms with Gasteiger partial charge in [0.05, 0.1) is 6.04 Å². The summed E-state index contributed by atoms with van der Waals surface area (Å²) in [4.78, 5) is 23.4. The Bertz CT molecular complexity index is 882. The summed E-state index contributed by atoms with van der Waals surface area (Å²) in [6, 6.07) is 12.1. The molecule has 28 heavy (non-hydrogen) atoms. The molecule has 148 valence electrons. The number of aryl methyl sites for hydroxylation is 1. The van der Waals surface area contributed by atoms with E-state index in [0.29, 0.717) is 24.1 Å². The van der Waals surface area contributed by atoms with Gasteiger partial charge in [-0.05, 0) is 42.2 Å². The molecule has 1 aliphatic rings. The molecule has 2 aromatic rings. The largest absolute Gasteiger partial charge is 0.440 e. The van der Waals surface area contributed by atoms with Crippen molar-refractivity contribution in [1.82, 2.24) is 5.32 Å². The lowest BCUT2D eigenvalue weighted by Gasteiger charge is -2.17. The Balaban J connectivity index is 1.65. The minimum absolute atomic E-state index is 0.158. The number of halogens is 1. The van der Waals surface area contributed by atoms with Gasteiger partial charge in [0.25, 0.3) is 0 Å². The van der Waals surface area contributed by atoms with Gasteiger partial charge in [-0.3, -0.25) is 10.1 Å². The highest BCUT2D eigenvalue weighted by molar-refractivity contribution is 5.86. The Labute approximate surface area is 164 Å². The van der Waals surface area contributed by atoms with Crippen molar-refractivity contribution in [3.05, 3.63) is 53.8 Å². The van der Waals surface area contributed by atoms with Crippen LogP contribution in [0.1, 0.15) is 39.2 Å². The summed E-state index contributed by atoms with van der Waals surface area (Å²) >= 11 is 0.